The van der Waals surface area contributed by atoms with Crippen LogP contribution in [0.15, 0.2) is 41.4 Å². The molecule has 0 aliphatic heterocycles. The fourth-order valence-electron chi connectivity index (χ4n) is 2.63. The predicted octanol–water partition coefficient (Wildman–Crippen LogP) is 3.25. The molecule has 2 aromatic carbocycles. The van der Waals surface area contributed by atoms with Gasteiger partial charge in [-0.15, -0.1) is 24.0 Å². The van der Waals surface area contributed by atoms with E-state index >= 15 is 0 Å². The van der Waals surface area contributed by atoms with Gasteiger partial charge in [-0.2, -0.15) is 5.26 Å². The van der Waals surface area contributed by atoms with Crippen molar-refractivity contribution in [1.82, 2.24) is 10.6 Å². The molecule has 0 aromatic heterocycles. The molecule has 2 rings (SSSR count). The summed E-state index contributed by atoms with van der Waals surface area (Å²) in [7, 11) is -3.28. The number of sulfone groups is 1. The molecule has 0 bridgehead atoms. The first-order valence-corrected chi connectivity index (χ1v) is 10.9. The Morgan fingerprint density at radius 1 is 1.10 bits per heavy atom. The van der Waals surface area contributed by atoms with Crippen LogP contribution in [0, 0.1) is 23.0 Å². The zero-order chi connectivity index (χ0) is 21.4. The van der Waals surface area contributed by atoms with E-state index in [0.29, 0.717) is 29.2 Å². The molecule has 6 nitrogen and oxygen atoms in total. The maximum absolute atomic E-state index is 13.9. The van der Waals surface area contributed by atoms with Gasteiger partial charge in [0.05, 0.1) is 23.9 Å². The molecule has 0 heterocycles. The minimum Gasteiger partial charge on any atom is -0.357 e. The highest BCUT2D eigenvalue weighted by Gasteiger charge is 2.11. The molecule has 0 radical (unpaired) electrons. The zero-order valence-corrected chi connectivity index (χ0v) is 19.7. The minimum atomic E-state index is -3.28. The minimum absolute atomic E-state index is 0. The number of rotatable bonds is 7. The number of benzene rings is 2. The van der Waals surface area contributed by atoms with Gasteiger partial charge in [0, 0.05) is 24.9 Å². The number of guanidine groups is 1. The van der Waals surface area contributed by atoms with Gasteiger partial charge in [-0.3, -0.25) is 0 Å². The average molecular weight is 548 g/mol. The molecule has 162 valence electrons. The Morgan fingerprint density at radius 2 is 1.83 bits per heavy atom. The van der Waals surface area contributed by atoms with Crippen molar-refractivity contribution < 1.29 is 17.2 Å². The molecule has 30 heavy (non-hydrogen) atoms. The van der Waals surface area contributed by atoms with E-state index in [0.717, 1.165) is 6.26 Å². The third kappa shape index (κ3) is 8.23. The lowest BCUT2D eigenvalue weighted by Gasteiger charge is -2.14. The van der Waals surface area contributed by atoms with E-state index < -0.39 is 21.5 Å². The molecule has 0 atom stereocenters. The Hall–Kier alpha value is -2.26. The van der Waals surface area contributed by atoms with Gasteiger partial charge in [0.1, 0.15) is 11.6 Å². The Kier molecular flexibility index (Phi) is 10.1. The van der Waals surface area contributed by atoms with E-state index in [2.05, 4.69) is 15.6 Å². The van der Waals surface area contributed by atoms with Crippen LogP contribution in [-0.4, -0.2) is 27.2 Å². The summed E-state index contributed by atoms with van der Waals surface area (Å²) in [6.45, 7) is 2.52. The van der Waals surface area contributed by atoms with Crippen LogP contribution in [0.4, 0.5) is 8.78 Å². The van der Waals surface area contributed by atoms with Gasteiger partial charge in [0.25, 0.3) is 0 Å². The highest BCUT2D eigenvalue weighted by atomic mass is 127. The quantitative estimate of drug-likeness (QED) is 0.315. The normalized spacial score (nSPS) is 11.4. The Labute approximate surface area is 192 Å². The second-order valence-electron chi connectivity index (χ2n) is 6.45. The molecule has 0 saturated heterocycles. The summed E-state index contributed by atoms with van der Waals surface area (Å²) in [5, 5.41) is 14.9. The number of nitrogens with zero attached hydrogens (tertiary/aromatic N) is 2. The smallest absolute Gasteiger partial charge is 0.191 e. The van der Waals surface area contributed by atoms with Gasteiger partial charge >= 0.3 is 0 Å². The second kappa shape index (κ2) is 11.8. The number of nitriles is 1. The Bertz CT molecular complexity index is 1050. The fraction of sp³-hybridized carbons (Fsp3) is 0.300. The summed E-state index contributed by atoms with van der Waals surface area (Å²) in [4.78, 5) is 4.29. The van der Waals surface area contributed by atoms with Crippen molar-refractivity contribution in [3.8, 4) is 6.07 Å². The van der Waals surface area contributed by atoms with Crippen molar-refractivity contribution in [1.29, 1.82) is 5.26 Å². The lowest BCUT2D eigenvalue weighted by atomic mass is 10.1. The molecule has 0 fully saturated rings. The second-order valence-corrected chi connectivity index (χ2v) is 8.59. The van der Waals surface area contributed by atoms with Gasteiger partial charge in [0.15, 0.2) is 15.8 Å². The lowest BCUT2D eigenvalue weighted by molar-refractivity contribution is 0.599. The van der Waals surface area contributed by atoms with E-state index in [-0.39, 0.29) is 48.4 Å². The molecule has 0 spiro atoms. The van der Waals surface area contributed by atoms with E-state index in [9.17, 15) is 17.2 Å². The summed E-state index contributed by atoms with van der Waals surface area (Å²) >= 11 is 0. The standard InChI is InChI=1S/C20H22F2N4O2S.HI/c1-3-24-20(26-12-17-8-14(10-23)4-7-19(17)22)25-11-16-9-18(21)6-5-15(16)13-29(2,27)28;/h4-9H,3,11-13H2,1-2H3,(H2,24,25,26);1H. The fourth-order valence-corrected chi connectivity index (χ4v) is 3.48. The first-order chi connectivity index (χ1) is 13.7. The van der Waals surface area contributed by atoms with Crippen molar-refractivity contribution in [3.63, 3.8) is 0 Å². The lowest BCUT2D eigenvalue weighted by Crippen LogP contribution is -2.37. The highest BCUT2D eigenvalue weighted by molar-refractivity contribution is 14.0. The molecule has 0 unspecified atom stereocenters. The van der Waals surface area contributed by atoms with Gasteiger partial charge in [-0.05, 0) is 48.4 Å². The molecule has 0 amide bonds. The zero-order valence-electron chi connectivity index (χ0n) is 16.6. The van der Waals surface area contributed by atoms with Gasteiger partial charge in [-0.25, -0.2) is 22.2 Å². The summed E-state index contributed by atoms with van der Waals surface area (Å²) in [5.74, 6) is -0.797. The van der Waals surface area contributed by atoms with E-state index in [1.807, 2.05) is 13.0 Å². The number of hydrogen-bond donors (Lipinski definition) is 2. The Morgan fingerprint density at radius 3 is 2.47 bits per heavy atom. The van der Waals surface area contributed by atoms with Crippen molar-refractivity contribution in [3.05, 3.63) is 70.3 Å². The van der Waals surface area contributed by atoms with Crippen molar-refractivity contribution in [2.24, 2.45) is 4.99 Å². The molecule has 0 saturated carbocycles. The first-order valence-electron chi connectivity index (χ1n) is 8.87. The number of hydrogen-bond acceptors (Lipinski definition) is 4. The molecule has 0 aliphatic rings. The molecule has 2 N–H and O–H groups in total. The van der Waals surface area contributed by atoms with Crippen LogP contribution in [0.1, 0.15) is 29.2 Å². The topological polar surface area (TPSA) is 94.3 Å². The van der Waals surface area contributed by atoms with Crippen molar-refractivity contribution in [2.45, 2.75) is 25.8 Å². The predicted molar refractivity (Wildman–Crippen MR) is 123 cm³/mol. The number of halogens is 3. The summed E-state index contributed by atoms with van der Waals surface area (Å²) in [6.07, 6.45) is 1.11. The maximum Gasteiger partial charge on any atom is 0.191 e. The maximum atomic E-state index is 13.9. The highest BCUT2D eigenvalue weighted by Crippen LogP contribution is 2.15. The third-order valence-electron chi connectivity index (χ3n) is 3.96. The van der Waals surface area contributed by atoms with E-state index in [1.165, 1.54) is 36.4 Å². The SMILES string of the molecule is CCNC(=NCc1cc(C#N)ccc1F)NCc1cc(F)ccc1CS(C)(=O)=O.I. The molecule has 10 heteroatoms. The summed E-state index contributed by atoms with van der Waals surface area (Å²) in [6, 6.07) is 9.92. The van der Waals surface area contributed by atoms with E-state index in [4.69, 9.17) is 5.26 Å². The molecule has 0 aliphatic carbocycles. The van der Waals surface area contributed by atoms with Gasteiger partial charge in [0.2, 0.25) is 0 Å². The number of aliphatic imine (C=N–C) groups is 1. The summed E-state index contributed by atoms with van der Waals surface area (Å²) in [5.41, 5.74) is 1.58. The van der Waals surface area contributed by atoms with Gasteiger partial charge < -0.3 is 10.6 Å². The summed E-state index contributed by atoms with van der Waals surface area (Å²) < 4.78 is 50.8. The van der Waals surface area contributed by atoms with Crippen LogP contribution in [-0.2, 0) is 28.7 Å². The van der Waals surface area contributed by atoms with Crippen molar-refractivity contribution in [2.75, 3.05) is 12.8 Å². The van der Waals surface area contributed by atoms with Crippen LogP contribution < -0.4 is 10.6 Å². The molecular formula is C20H23F2IN4O2S. The van der Waals surface area contributed by atoms with Crippen LogP contribution >= 0.6 is 24.0 Å². The van der Waals surface area contributed by atoms with E-state index in [1.54, 1.807) is 0 Å². The van der Waals surface area contributed by atoms with Crippen LogP contribution in [0.5, 0.6) is 0 Å². The monoisotopic (exact) mass is 548 g/mol. The van der Waals surface area contributed by atoms with Crippen molar-refractivity contribution >= 4 is 39.8 Å². The first kappa shape index (κ1) is 25.8. The molecule has 2 aromatic rings. The number of nitrogens with one attached hydrogen (secondary N) is 2. The average Bonchev–Trinajstić information content (AvgIpc) is 2.66. The Balaban J connectivity index is 0.00000450. The van der Waals surface area contributed by atoms with Crippen LogP contribution in [0.2, 0.25) is 0 Å². The largest absolute Gasteiger partial charge is 0.357 e. The molecular weight excluding hydrogens is 525 g/mol. The third-order valence-corrected chi connectivity index (χ3v) is 4.79. The van der Waals surface area contributed by atoms with Crippen LogP contribution in [0.25, 0.3) is 0 Å². The van der Waals surface area contributed by atoms with Crippen LogP contribution in [0.3, 0.4) is 0 Å². The van der Waals surface area contributed by atoms with Gasteiger partial charge in [-0.1, -0.05) is 6.07 Å².